The van der Waals surface area contributed by atoms with Crippen LogP contribution >= 0.6 is 51.2 Å². The van der Waals surface area contributed by atoms with E-state index in [1.165, 1.54) is 5.56 Å². The number of nitrogens with zero attached hydrogens (tertiary/aromatic N) is 2. The minimum atomic E-state index is 0. The number of hydrogen-bond donors (Lipinski definition) is 2. The van der Waals surface area contributed by atoms with Gasteiger partial charge in [-0.2, -0.15) is 0 Å². The summed E-state index contributed by atoms with van der Waals surface area (Å²) in [5, 5.41) is 9.85. The van der Waals surface area contributed by atoms with Crippen LogP contribution < -0.4 is 10.6 Å². The fourth-order valence-corrected chi connectivity index (χ4v) is 3.07. The average molecular weight is 509 g/mol. The molecule has 0 saturated heterocycles. The number of benzene rings is 1. The fraction of sp³-hybridized carbons (Fsp3) is 0.375. The summed E-state index contributed by atoms with van der Waals surface area (Å²) in [5.74, 6) is 0.842. The Morgan fingerprint density at radius 2 is 2.17 bits per heavy atom. The summed E-state index contributed by atoms with van der Waals surface area (Å²) in [6.45, 7) is 6.43. The third-order valence-electron chi connectivity index (χ3n) is 2.99. The van der Waals surface area contributed by atoms with E-state index in [-0.39, 0.29) is 24.0 Å². The first kappa shape index (κ1) is 20.4. The van der Waals surface area contributed by atoms with E-state index in [9.17, 15) is 0 Å². The highest BCUT2D eigenvalue weighted by Gasteiger charge is 2.01. The molecule has 0 amide bonds. The Labute approximate surface area is 167 Å². The van der Waals surface area contributed by atoms with Crippen molar-refractivity contribution in [3.63, 3.8) is 0 Å². The van der Waals surface area contributed by atoms with E-state index in [1.807, 2.05) is 19.1 Å². The first-order valence-electron chi connectivity index (χ1n) is 7.35. The van der Waals surface area contributed by atoms with Gasteiger partial charge in [-0.25, -0.2) is 9.98 Å². The van der Waals surface area contributed by atoms with Crippen molar-refractivity contribution in [2.24, 2.45) is 4.99 Å². The molecule has 0 saturated carbocycles. The van der Waals surface area contributed by atoms with Crippen molar-refractivity contribution < 1.29 is 0 Å². The molecule has 0 aliphatic rings. The highest BCUT2D eigenvalue weighted by molar-refractivity contribution is 14.0. The van der Waals surface area contributed by atoms with Crippen LogP contribution in [0, 0.1) is 6.92 Å². The maximum Gasteiger partial charge on any atom is 0.191 e. The number of hydrogen-bond acceptors (Lipinski definition) is 3. The Morgan fingerprint density at radius 1 is 1.35 bits per heavy atom. The third kappa shape index (κ3) is 7.63. The van der Waals surface area contributed by atoms with Crippen LogP contribution in [0.15, 0.2) is 39.1 Å². The lowest BCUT2D eigenvalue weighted by molar-refractivity contribution is 0.790. The summed E-state index contributed by atoms with van der Waals surface area (Å²) in [4.78, 5) is 9.09. The molecule has 0 aliphatic heterocycles. The van der Waals surface area contributed by atoms with E-state index in [0.717, 1.165) is 40.6 Å². The standard InChI is InChI=1S/C16H21BrN4S.HI/c1-3-18-16(19-8-7-15-11-22-12(2)21-15)20-10-13-5-4-6-14(17)9-13;/h4-6,9,11H,3,7-8,10H2,1-2H3,(H2,18,19,20);1H. The van der Waals surface area contributed by atoms with E-state index in [2.05, 4.69) is 61.0 Å². The van der Waals surface area contributed by atoms with E-state index in [0.29, 0.717) is 6.54 Å². The molecule has 0 fully saturated rings. The van der Waals surface area contributed by atoms with Crippen molar-refractivity contribution in [3.05, 3.63) is 50.4 Å². The molecule has 2 rings (SSSR count). The number of rotatable bonds is 6. The fourth-order valence-electron chi connectivity index (χ4n) is 1.98. The molecule has 7 heteroatoms. The number of halogens is 2. The van der Waals surface area contributed by atoms with Crippen molar-refractivity contribution in [2.45, 2.75) is 26.8 Å². The Bertz CT molecular complexity index is 630. The number of guanidine groups is 1. The molecule has 23 heavy (non-hydrogen) atoms. The minimum Gasteiger partial charge on any atom is -0.357 e. The zero-order valence-corrected chi connectivity index (χ0v) is 18.0. The third-order valence-corrected chi connectivity index (χ3v) is 4.31. The lowest BCUT2D eigenvalue weighted by atomic mass is 10.2. The van der Waals surface area contributed by atoms with Gasteiger partial charge in [0.2, 0.25) is 0 Å². The molecule has 0 atom stereocenters. The lowest BCUT2D eigenvalue weighted by Gasteiger charge is -2.10. The molecule has 4 nitrogen and oxygen atoms in total. The SMILES string of the molecule is CCNC(=NCc1cccc(Br)c1)NCCc1csc(C)n1.I. The molecular formula is C16H22BrIN4S. The second kappa shape index (κ2) is 11.0. The second-order valence-corrected chi connectivity index (χ2v) is 6.84. The summed E-state index contributed by atoms with van der Waals surface area (Å²) in [6, 6.07) is 8.22. The second-order valence-electron chi connectivity index (χ2n) is 4.86. The first-order valence-corrected chi connectivity index (χ1v) is 9.02. The maximum absolute atomic E-state index is 4.62. The molecule has 126 valence electrons. The molecule has 1 aromatic heterocycles. The van der Waals surface area contributed by atoms with Gasteiger partial charge in [-0.1, -0.05) is 28.1 Å². The number of thiazole rings is 1. The highest BCUT2D eigenvalue weighted by atomic mass is 127. The summed E-state index contributed by atoms with van der Waals surface area (Å²) in [5.41, 5.74) is 2.32. The molecule has 2 N–H and O–H groups in total. The number of nitrogens with one attached hydrogen (secondary N) is 2. The predicted molar refractivity (Wildman–Crippen MR) is 113 cm³/mol. The van der Waals surface area contributed by atoms with Gasteiger partial charge in [0.05, 0.1) is 17.2 Å². The molecule has 0 radical (unpaired) electrons. The van der Waals surface area contributed by atoms with Crippen LogP contribution in [0.3, 0.4) is 0 Å². The van der Waals surface area contributed by atoms with Gasteiger partial charge in [-0.3, -0.25) is 0 Å². The number of aromatic nitrogens is 1. The van der Waals surface area contributed by atoms with E-state index in [1.54, 1.807) is 11.3 Å². The largest absolute Gasteiger partial charge is 0.357 e. The number of aliphatic imine (C=N–C) groups is 1. The van der Waals surface area contributed by atoms with Crippen LogP contribution in [-0.4, -0.2) is 24.0 Å². The van der Waals surface area contributed by atoms with E-state index in [4.69, 9.17) is 0 Å². The Kier molecular flexibility index (Phi) is 9.73. The van der Waals surface area contributed by atoms with Gasteiger partial charge in [0.1, 0.15) is 0 Å². The highest BCUT2D eigenvalue weighted by Crippen LogP contribution is 2.12. The monoisotopic (exact) mass is 508 g/mol. The van der Waals surface area contributed by atoms with Gasteiger partial charge in [0.15, 0.2) is 5.96 Å². The molecule has 1 aromatic carbocycles. The molecule has 0 spiro atoms. The van der Waals surface area contributed by atoms with Crippen molar-refractivity contribution in [3.8, 4) is 0 Å². The first-order chi connectivity index (χ1) is 10.7. The van der Waals surface area contributed by atoms with Crippen LogP contribution in [-0.2, 0) is 13.0 Å². The number of aryl methyl sites for hydroxylation is 1. The minimum absolute atomic E-state index is 0. The Hall–Kier alpha value is -0.670. The predicted octanol–water partition coefficient (Wildman–Crippen LogP) is 4.13. The Morgan fingerprint density at radius 3 is 2.83 bits per heavy atom. The molecular weight excluding hydrogens is 487 g/mol. The maximum atomic E-state index is 4.62. The quantitative estimate of drug-likeness (QED) is 0.350. The topological polar surface area (TPSA) is 49.3 Å². The van der Waals surface area contributed by atoms with E-state index >= 15 is 0 Å². The molecule has 0 unspecified atom stereocenters. The van der Waals surface area contributed by atoms with Crippen LogP contribution in [0.5, 0.6) is 0 Å². The average Bonchev–Trinajstić information content (AvgIpc) is 2.90. The van der Waals surface area contributed by atoms with Crippen LogP contribution in [0.2, 0.25) is 0 Å². The van der Waals surface area contributed by atoms with Gasteiger partial charge >= 0.3 is 0 Å². The normalized spacial score (nSPS) is 11.0. The molecule has 0 bridgehead atoms. The lowest BCUT2D eigenvalue weighted by Crippen LogP contribution is -2.38. The summed E-state index contributed by atoms with van der Waals surface area (Å²) < 4.78 is 1.08. The van der Waals surface area contributed by atoms with Gasteiger partial charge in [0.25, 0.3) is 0 Å². The van der Waals surface area contributed by atoms with Gasteiger partial charge in [0, 0.05) is 29.4 Å². The van der Waals surface area contributed by atoms with Crippen molar-refractivity contribution >= 4 is 57.2 Å². The van der Waals surface area contributed by atoms with Crippen LogP contribution in [0.25, 0.3) is 0 Å². The van der Waals surface area contributed by atoms with Crippen molar-refractivity contribution in [2.75, 3.05) is 13.1 Å². The van der Waals surface area contributed by atoms with E-state index < -0.39 is 0 Å². The van der Waals surface area contributed by atoms with Gasteiger partial charge in [-0.05, 0) is 31.5 Å². The van der Waals surface area contributed by atoms with Crippen molar-refractivity contribution in [1.82, 2.24) is 15.6 Å². The zero-order chi connectivity index (χ0) is 15.8. The van der Waals surface area contributed by atoms with Crippen molar-refractivity contribution in [1.29, 1.82) is 0 Å². The molecule has 0 aliphatic carbocycles. The molecule has 1 heterocycles. The Balaban J connectivity index is 0.00000264. The zero-order valence-electron chi connectivity index (χ0n) is 13.3. The van der Waals surface area contributed by atoms with Gasteiger partial charge < -0.3 is 10.6 Å². The van der Waals surface area contributed by atoms with Crippen LogP contribution in [0.1, 0.15) is 23.2 Å². The summed E-state index contributed by atoms with van der Waals surface area (Å²) in [7, 11) is 0. The molecule has 2 aromatic rings. The smallest absolute Gasteiger partial charge is 0.191 e. The summed E-state index contributed by atoms with van der Waals surface area (Å²) in [6.07, 6.45) is 0.908. The van der Waals surface area contributed by atoms with Gasteiger partial charge in [-0.15, -0.1) is 35.3 Å². The summed E-state index contributed by atoms with van der Waals surface area (Å²) >= 11 is 5.18. The van der Waals surface area contributed by atoms with Crippen LogP contribution in [0.4, 0.5) is 0 Å².